The molecule has 0 aromatic carbocycles. The predicted octanol–water partition coefficient (Wildman–Crippen LogP) is -2.60. The Morgan fingerprint density at radius 3 is 0.511 bits per heavy atom. The van der Waals surface area contributed by atoms with Gasteiger partial charge in [-0.15, -0.1) is 0 Å². The average Bonchev–Trinajstić information content (AvgIpc) is 2.87. The van der Waals surface area contributed by atoms with Gasteiger partial charge >= 0.3 is 272 Å². The second-order valence-corrected chi connectivity index (χ2v) is 39.8. The van der Waals surface area contributed by atoms with Crippen molar-refractivity contribution in [1.82, 2.24) is 0 Å². The Labute approximate surface area is 286 Å². The molecular weight excluding hydrogens is 988 g/mol. The zero-order valence-corrected chi connectivity index (χ0v) is 36.2. The number of hydrogen-bond acceptors (Lipinski definition) is 12. The summed E-state index contributed by atoms with van der Waals surface area (Å²) in [5.74, 6) is -6.91. The van der Waals surface area contributed by atoms with Gasteiger partial charge in [-0.2, -0.15) is 0 Å². The standard InChI is InChI=1S/C18H30Ge6O18.3H2O/c25-13(26)1-7-19-37-20(8-2-14(27)28)39-22(10-4-16(31)32)41-24(12-6-18(35)36)42-23(11-5-17(33)34)40-21(38-19)9-3-15(29)30;;;/h1-12H2,(H,25,26)(H,27,28)(H,29,30)(H,31,32)(H,33,34)(H,35,36);3*1H2. The van der Waals surface area contributed by atoms with Gasteiger partial charge in [-0.05, 0) is 0 Å². The monoisotopic (exact) mass is 1030 g/mol. The third-order valence-corrected chi connectivity index (χ3v) is 48.4. The Bertz CT molecular complexity index is 731. The van der Waals surface area contributed by atoms with Crippen LogP contribution in [0.5, 0.6) is 0 Å². The van der Waals surface area contributed by atoms with Crippen LogP contribution in [0.4, 0.5) is 0 Å². The number of hydrogen-bond donors (Lipinski definition) is 6. The summed E-state index contributed by atoms with van der Waals surface area (Å²) in [7, 11) is 0. The summed E-state index contributed by atoms with van der Waals surface area (Å²) in [6.45, 7) is 0. The second kappa shape index (κ2) is 27.6. The Hall–Kier alpha value is -0.283. The maximum atomic E-state index is 11.3. The molecule has 1 aliphatic rings. The first-order chi connectivity index (χ1) is 19.7. The Kier molecular flexibility index (Phi) is 30.2. The molecule has 1 heterocycles. The van der Waals surface area contributed by atoms with Crippen LogP contribution >= 0.6 is 0 Å². The fraction of sp³-hybridized carbons (Fsp3) is 0.667. The van der Waals surface area contributed by atoms with E-state index in [-0.39, 0.29) is 86.5 Å². The van der Waals surface area contributed by atoms with E-state index in [1.54, 1.807) is 0 Å². The van der Waals surface area contributed by atoms with Crippen LogP contribution in [0.25, 0.3) is 0 Å². The van der Waals surface area contributed by atoms with Gasteiger partial charge in [0.25, 0.3) is 0 Å². The van der Waals surface area contributed by atoms with Crippen molar-refractivity contribution in [3.63, 3.8) is 0 Å². The van der Waals surface area contributed by atoms with Crippen LogP contribution in [0.2, 0.25) is 31.5 Å². The molecule has 258 valence electrons. The molecule has 0 aliphatic carbocycles. The number of aliphatic carboxylic acids is 6. The van der Waals surface area contributed by atoms with E-state index in [4.69, 9.17) is 16.7 Å². The van der Waals surface area contributed by atoms with E-state index in [0.29, 0.717) is 0 Å². The summed E-state index contributed by atoms with van der Waals surface area (Å²) in [6.07, 6.45) is -2.12. The minimum atomic E-state index is -3.32. The zero-order valence-electron chi connectivity index (χ0n) is 23.6. The van der Waals surface area contributed by atoms with Gasteiger partial charge in [0.15, 0.2) is 0 Å². The predicted molar refractivity (Wildman–Crippen MR) is 154 cm³/mol. The van der Waals surface area contributed by atoms with Crippen molar-refractivity contribution in [3.05, 3.63) is 0 Å². The summed E-state index contributed by atoms with van der Waals surface area (Å²) in [5, 5.41) is 55.1. The van der Waals surface area contributed by atoms with Crippen molar-refractivity contribution in [3.8, 4) is 0 Å². The van der Waals surface area contributed by atoms with Crippen molar-refractivity contribution in [2.75, 3.05) is 0 Å². The van der Waals surface area contributed by atoms with Crippen molar-refractivity contribution < 1.29 is 92.6 Å². The molecule has 6 radical (unpaired) electrons. The molecule has 1 saturated heterocycles. The van der Waals surface area contributed by atoms with Crippen LogP contribution < -0.4 is 0 Å². The van der Waals surface area contributed by atoms with E-state index in [1.165, 1.54) is 0 Å². The van der Waals surface area contributed by atoms with Crippen LogP contribution in [-0.2, 0) is 45.5 Å². The Morgan fingerprint density at radius 1 is 0.311 bits per heavy atom. The average molecular weight is 1020 g/mol. The third kappa shape index (κ3) is 26.4. The van der Waals surface area contributed by atoms with E-state index in [9.17, 15) is 59.4 Å². The van der Waals surface area contributed by atoms with Gasteiger partial charge in [-0.1, -0.05) is 0 Å². The summed E-state index contributed by atoms with van der Waals surface area (Å²) in [5.41, 5.74) is 0. The van der Waals surface area contributed by atoms with Gasteiger partial charge in [0.2, 0.25) is 0 Å². The summed E-state index contributed by atoms with van der Waals surface area (Å²) >= 11 is -19.9. The normalized spacial score (nSPS) is 16.5. The van der Waals surface area contributed by atoms with Crippen LogP contribution in [0.15, 0.2) is 0 Å². The first kappa shape index (κ1) is 49.1. The molecule has 0 bridgehead atoms. The minimum absolute atomic E-state index is 0. The van der Waals surface area contributed by atoms with Crippen molar-refractivity contribution >= 4 is 126 Å². The van der Waals surface area contributed by atoms with E-state index in [1.807, 2.05) is 0 Å². The molecule has 0 aromatic heterocycles. The second-order valence-electron chi connectivity index (χ2n) is 8.21. The topological polar surface area (TPSA) is 374 Å². The van der Waals surface area contributed by atoms with E-state index < -0.39 is 126 Å². The van der Waals surface area contributed by atoms with Gasteiger partial charge in [0.05, 0.1) is 0 Å². The van der Waals surface area contributed by atoms with Crippen LogP contribution in [-0.4, -0.2) is 173 Å². The Morgan fingerprint density at radius 2 is 0.422 bits per heavy atom. The van der Waals surface area contributed by atoms with E-state index in [2.05, 4.69) is 0 Å². The summed E-state index contributed by atoms with van der Waals surface area (Å²) in [6, 6.07) is 0. The number of carboxylic acid groups (broad SMARTS) is 6. The van der Waals surface area contributed by atoms with E-state index in [0.717, 1.165) is 0 Å². The zero-order chi connectivity index (χ0) is 31.7. The number of rotatable bonds is 18. The molecule has 1 aliphatic heterocycles. The van der Waals surface area contributed by atoms with Gasteiger partial charge in [-0.3, -0.25) is 0 Å². The third-order valence-electron chi connectivity index (χ3n) is 4.62. The molecule has 12 N–H and O–H groups in total. The van der Waals surface area contributed by atoms with Gasteiger partial charge in [0.1, 0.15) is 0 Å². The van der Waals surface area contributed by atoms with Crippen molar-refractivity contribution in [2.45, 2.75) is 70.0 Å². The Balaban J connectivity index is -0.00000588. The molecular formula is C18H36Ge6O21. The first-order valence-corrected chi connectivity index (χ1v) is 31.4. The van der Waals surface area contributed by atoms with Crippen LogP contribution in [0, 0.1) is 0 Å². The summed E-state index contributed by atoms with van der Waals surface area (Å²) < 4.78 is 37.0. The first-order valence-electron chi connectivity index (χ1n) is 12.3. The molecule has 0 spiro atoms. The quantitative estimate of drug-likeness (QED) is 0.0767. The molecule has 0 aromatic rings. The molecule has 0 unspecified atom stereocenters. The van der Waals surface area contributed by atoms with Crippen molar-refractivity contribution in [2.24, 2.45) is 0 Å². The molecule has 0 amide bonds. The van der Waals surface area contributed by atoms with Gasteiger partial charge in [0, 0.05) is 0 Å². The molecule has 0 saturated carbocycles. The molecule has 1 rings (SSSR count). The molecule has 0 atom stereocenters. The molecule has 27 heteroatoms. The SMILES string of the molecule is O.O.O.O=C(O)C[CH2][Ge]1[O][Ge]([CH2]CC(=O)O)[O][Ge]([CH2]CC(=O)O)[O][Ge]([CH2]CC(=O)O)[O][Ge]([CH2]CC(=O)O)[O][Ge]([CH2]CC(=O)O)[O]1. The maximum absolute atomic E-state index is 11.3. The fourth-order valence-corrected chi connectivity index (χ4v) is 61.2. The molecule has 21 nitrogen and oxygen atoms in total. The van der Waals surface area contributed by atoms with Crippen molar-refractivity contribution in [1.29, 1.82) is 0 Å². The van der Waals surface area contributed by atoms with Gasteiger partial charge in [-0.25, -0.2) is 0 Å². The molecule has 1 fully saturated rings. The number of carbonyl (C=O) groups is 6. The van der Waals surface area contributed by atoms with Gasteiger partial charge < -0.3 is 16.4 Å². The fourth-order valence-electron chi connectivity index (χ4n) is 2.75. The molecule has 45 heavy (non-hydrogen) atoms. The summed E-state index contributed by atoms with van der Waals surface area (Å²) in [4.78, 5) is 67.9. The van der Waals surface area contributed by atoms with Crippen LogP contribution in [0.1, 0.15) is 38.5 Å². The van der Waals surface area contributed by atoms with E-state index >= 15 is 0 Å². The number of carboxylic acids is 6. The van der Waals surface area contributed by atoms with Crippen LogP contribution in [0.3, 0.4) is 0 Å².